The fraction of sp³-hybridized carbons (Fsp3) is 0.0500. The van der Waals surface area contributed by atoms with Gasteiger partial charge in [0.05, 0.1) is 0 Å². The minimum atomic E-state index is -0.336. The number of hydrogen-bond donors (Lipinski definition) is 0. The summed E-state index contributed by atoms with van der Waals surface area (Å²) in [6, 6.07) is 14.9. The van der Waals surface area contributed by atoms with E-state index in [2.05, 4.69) is 27.5 Å². The second kappa shape index (κ2) is 6.63. The summed E-state index contributed by atoms with van der Waals surface area (Å²) in [5.74, 6) is 0.523. The van der Waals surface area contributed by atoms with Gasteiger partial charge in [0, 0.05) is 26.7 Å². The van der Waals surface area contributed by atoms with Crippen molar-refractivity contribution in [2.75, 3.05) is 0 Å². The molecule has 4 aromatic rings. The fourth-order valence-corrected chi connectivity index (χ4v) is 4.37. The molecule has 0 aliphatic carbocycles. The molecule has 0 spiro atoms. The van der Waals surface area contributed by atoms with Crippen molar-refractivity contribution < 1.29 is 0 Å². The standard InChI is InChI=1S/C20H13BrN2O2S/c1-2-10-23-18(12-6-5-7-13(21)11-12)22-19-16(20(23)25)17(24)14-8-3-4-9-15(14)26-19/h2-9,11H,1,10H2. The molecule has 0 saturated carbocycles. The van der Waals surface area contributed by atoms with Crippen molar-refractivity contribution in [1.29, 1.82) is 0 Å². The Kier molecular flexibility index (Phi) is 4.30. The van der Waals surface area contributed by atoms with Crippen LogP contribution >= 0.6 is 27.3 Å². The van der Waals surface area contributed by atoms with Crippen molar-refractivity contribution in [3.63, 3.8) is 0 Å². The Bertz CT molecular complexity index is 1290. The molecular formula is C20H13BrN2O2S. The molecule has 4 nitrogen and oxygen atoms in total. The van der Waals surface area contributed by atoms with Crippen molar-refractivity contribution in [2.24, 2.45) is 0 Å². The van der Waals surface area contributed by atoms with E-state index in [1.165, 1.54) is 15.9 Å². The van der Waals surface area contributed by atoms with Gasteiger partial charge in [0.25, 0.3) is 5.56 Å². The summed E-state index contributed by atoms with van der Waals surface area (Å²) in [6.07, 6.45) is 1.63. The van der Waals surface area contributed by atoms with Gasteiger partial charge in [0.2, 0.25) is 5.43 Å². The van der Waals surface area contributed by atoms with Crippen molar-refractivity contribution in [3.8, 4) is 11.4 Å². The first-order chi connectivity index (χ1) is 12.6. The van der Waals surface area contributed by atoms with Gasteiger partial charge in [-0.2, -0.15) is 0 Å². The minimum Gasteiger partial charge on any atom is -0.288 e. The first kappa shape index (κ1) is 16.9. The fourth-order valence-electron chi connectivity index (χ4n) is 2.93. The van der Waals surface area contributed by atoms with Gasteiger partial charge >= 0.3 is 0 Å². The molecule has 0 saturated heterocycles. The van der Waals surface area contributed by atoms with E-state index < -0.39 is 0 Å². The lowest BCUT2D eigenvalue weighted by Crippen LogP contribution is -2.26. The first-order valence-electron chi connectivity index (χ1n) is 7.93. The highest BCUT2D eigenvalue weighted by Gasteiger charge is 2.17. The molecule has 0 aliphatic heterocycles. The third-order valence-corrected chi connectivity index (χ3v) is 5.65. The van der Waals surface area contributed by atoms with Crippen molar-refractivity contribution in [2.45, 2.75) is 6.54 Å². The largest absolute Gasteiger partial charge is 0.288 e. The zero-order valence-electron chi connectivity index (χ0n) is 13.6. The lowest BCUT2D eigenvalue weighted by atomic mass is 10.2. The number of aromatic nitrogens is 2. The molecule has 2 heterocycles. The summed E-state index contributed by atoms with van der Waals surface area (Å²) < 4.78 is 3.21. The molecule has 2 aromatic heterocycles. The van der Waals surface area contributed by atoms with Gasteiger partial charge in [-0.1, -0.05) is 46.3 Å². The Balaban J connectivity index is 2.17. The molecule has 4 rings (SSSR count). The monoisotopic (exact) mass is 424 g/mol. The number of nitrogens with zero attached hydrogens (tertiary/aromatic N) is 2. The summed E-state index contributed by atoms with van der Waals surface area (Å²) in [5, 5.41) is 0.679. The van der Waals surface area contributed by atoms with Crippen LogP contribution in [0.2, 0.25) is 0 Å². The topological polar surface area (TPSA) is 52.0 Å². The van der Waals surface area contributed by atoms with Gasteiger partial charge in [-0.25, -0.2) is 4.98 Å². The molecule has 0 N–H and O–H groups in total. The summed E-state index contributed by atoms with van der Waals surface area (Å²) in [4.78, 5) is 31.2. The van der Waals surface area contributed by atoms with Crippen molar-refractivity contribution in [3.05, 3.63) is 86.2 Å². The smallest absolute Gasteiger partial charge is 0.266 e. The average Bonchev–Trinajstić information content (AvgIpc) is 2.64. The van der Waals surface area contributed by atoms with Gasteiger partial charge < -0.3 is 0 Å². The van der Waals surface area contributed by atoms with Crippen LogP contribution < -0.4 is 11.0 Å². The van der Waals surface area contributed by atoms with Gasteiger partial charge in [0.1, 0.15) is 16.0 Å². The third-order valence-electron chi connectivity index (χ3n) is 4.10. The second-order valence-electron chi connectivity index (χ2n) is 5.76. The molecule has 26 heavy (non-hydrogen) atoms. The Morgan fingerprint density at radius 1 is 1.15 bits per heavy atom. The molecular weight excluding hydrogens is 412 g/mol. The maximum absolute atomic E-state index is 13.1. The number of halogens is 1. The zero-order chi connectivity index (χ0) is 18.3. The molecule has 128 valence electrons. The van der Waals surface area contributed by atoms with Crippen LogP contribution in [0.15, 0.2) is 75.2 Å². The SMILES string of the molecule is C=CCn1c(-c2cccc(Br)c2)nc2sc3ccccc3c(=O)c2c1=O. The summed E-state index contributed by atoms with van der Waals surface area (Å²) in [5.41, 5.74) is 0.190. The lowest BCUT2D eigenvalue weighted by molar-refractivity contribution is 0.780. The van der Waals surface area contributed by atoms with Gasteiger partial charge in [0.15, 0.2) is 0 Å². The van der Waals surface area contributed by atoms with Crippen LogP contribution in [-0.4, -0.2) is 9.55 Å². The van der Waals surface area contributed by atoms with Gasteiger partial charge in [-0.3, -0.25) is 14.2 Å². The Morgan fingerprint density at radius 2 is 1.96 bits per heavy atom. The van der Waals surface area contributed by atoms with E-state index in [0.717, 1.165) is 14.7 Å². The van der Waals surface area contributed by atoms with E-state index in [9.17, 15) is 9.59 Å². The van der Waals surface area contributed by atoms with E-state index >= 15 is 0 Å². The summed E-state index contributed by atoms with van der Waals surface area (Å²) >= 11 is 4.81. The van der Waals surface area contributed by atoms with Gasteiger partial charge in [-0.05, 0) is 24.3 Å². The second-order valence-corrected chi connectivity index (χ2v) is 7.70. The number of hydrogen-bond acceptors (Lipinski definition) is 4. The Labute approximate surface area is 161 Å². The number of fused-ring (bicyclic) bond motifs is 2. The first-order valence-corrected chi connectivity index (χ1v) is 9.54. The van der Waals surface area contributed by atoms with Crippen LogP contribution in [0.3, 0.4) is 0 Å². The van der Waals surface area contributed by atoms with Crippen LogP contribution in [0.25, 0.3) is 31.7 Å². The number of allylic oxidation sites excluding steroid dienone is 1. The predicted octanol–water partition coefficient (Wildman–Crippen LogP) is 4.59. The maximum Gasteiger partial charge on any atom is 0.266 e. The molecule has 6 heteroatoms. The lowest BCUT2D eigenvalue weighted by Gasteiger charge is -2.12. The summed E-state index contributed by atoms with van der Waals surface area (Å²) in [7, 11) is 0. The molecule has 0 aliphatic rings. The molecule has 0 atom stereocenters. The third kappa shape index (κ3) is 2.71. The van der Waals surface area contributed by atoms with Crippen LogP contribution in [0, 0.1) is 0 Å². The Hall–Kier alpha value is -2.57. The van der Waals surface area contributed by atoms with E-state index in [1.807, 2.05) is 36.4 Å². The molecule has 2 aromatic carbocycles. The maximum atomic E-state index is 13.1. The van der Waals surface area contributed by atoms with E-state index in [1.54, 1.807) is 18.2 Å². The molecule has 0 unspecified atom stereocenters. The number of benzene rings is 2. The van der Waals surface area contributed by atoms with E-state index in [0.29, 0.717) is 16.0 Å². The highest BCUT2D eigenvalue weighted by atomic mass is 79.9. The molecule has 0 radical (unpaired) electrons. The molecule has 0 fully saturated rings. The molecule has 0 amide bonds. The highest BCUT2D eigenvalue weighted by molar-refractivity contribution is 9.10. The van der Waals surface area contributed by atoms with Crippen LogP contribution in [-0.2, 0) is 6.54 Å². The van der Waals surface area contributed by atoms with E-state index in [4.69, 9.17) is 0 Å². The minimum absolute atomic E-state index is 0.134. The molecule has 0 bridgehead atoms. The van der Waals surface area contributed by atoms with Gasteiger partial charge in [-0.15, -0.1) is 17.9 Å². The predicted molar refractivity (Wildman–Crippen MR) is 111 cm³/mol. The van der Waals surface area contributed by atoms with Crippen LogP contribution in [0.1, 0.15) is 0 Å². The Morgan fingerprint density at radius 3 is 2.73 bits per heavy atom. The summed E-state index contributed by atoms with van der Waals surface area (Å²) in [6.45, 7) is 4.01. The quantitative estimate of drug-likeness (QED) is 0.357. The van der Waals surface area contributed by atoms with E-state index in [-0.39, 0.29) is 22.9 Å². The van der Waals surface area contributed by atoms with Crippen molar-refractivity contribution in [1.82, 2.24) is 9.55 Å². The van der Waals surface area contributed by atoms with Crippen molar-refractivity contribution >= 4 is 47.6 Å². The van der Waals surface area contributed by atoms with Crippen LogP contribution in [0.4, 0.5) is 0 Å². The normalized spacial score (nSPS) is 11.1. The zero-order valence-corrected chi connectivity index (χ0v) is 16.0. The number of rotatable bonds is 3. The van der Waals surface area contributed by atoms with Crippen LogP contribution in [0.5, 0.6) is 0 Å². The highest BCUT2D eigenvalue weighted by Crippen LogP contribution is 2.26. The average molecular weight is 425 g/mol.